The maximum atomic E-state index is 6.11. The molecule has 0 amide bonds. The third kappa shape index (κ3) is 3.24. The van der Waals surface area contributed by atoms with Crippen LogP contribution in [0.25, 0.3) is 0 Å². The van der Waals surface area contributed by atoms with Crippen LogP contribution in [-0.4, -0.2) is 5.84 Å². The summed E-state index contributed by atoms with van der Waals surface area (Å²) in [5, 5.41) is 0.737. The molecule has 0 bridgehead atoms. The zero-order valence-electron chi connectivity index (χ0n) is 10.3. The van der Waals surface area contributed by atoms with Crippen LogP contribution < -0.4 is 5.73 Å². The molecule has 0 saturated heterocycles. The number of hydrogen-bond acceptors (Lipinski definition) is 1. The van der Waals surface area contributed by atoms with Crippen molar-refractivity contribution >= 4 is 17.4 Å². The molecule has 88 valence electrons. The number of benzene rings is 1. The minimum atomic E-state index is -0.102. The molecule has 0 aromatic heterocycles. The van der Waals surface area contributed by atoms with E-state index < -0.39 is 0 Å². The maximum absolute atomic E-state index is 6.11. The average Bonchev–Trinajstić information content (AvgIpc) is 2.16. The summed E-state index contributed by atoms with van der Waals surface area (Å²) in [6, 6.07) is 7.71. The van der Waals surface area contributed by atoms with Crippen molar-refractivity contribution in [2.24, 2.45) is 16.1 Å². The van der Waals surface area contributed by atoms with Gasteiger partial charge in [0.05, 0.1) is 11.9 Å². The first kappa shape index (κ1) is 13.0. The molecule has 1 aromatic rings. The molecule has 0 aliphatic heterocycles. The first-order valence-electron chi connectivity index (χ1n) is 5.40. The minimum absolute atomic E-state index is 0.00655. The Bertz CT molecular complexity index is 391. The van der Waals surface area contributed by atoms with Gasteiger partial charge in [0.25, 0.3) is 0 Å². The minimum Gasteiger partial charge on any atom is -0.387 e. The summed E-state index contributed by atoms with van der Waals surface area (Å²) in [4.78, 5) is 4.49. The van der Waals surface area contributed by atoms with Gasteiger partial charge in [-0.2, -0.15) is 0 Å². The number of hydrogen-bond donors (Lipinski definition) is 1. The van der Waals surface area contributed by atoms with Crippen LogP contribution >= 0.6 is 11.6 Å². The highest BCUT2D eigenvalue weighted by Crippen LogP contribution is 2.26. The van der Waals surface area contributed by atoms with Gasteiger partial charge in [-0.3, -0.25) is 4.99 Å². The topological polar surface area (TPSA) is 38.4 Å². The Labute approximate surface area is 103 Å². The summed E-state index contributed by atoms with van der Waals surface area (Å²) in [6.45, 7) is 8.14. The van der Waals surface area contributed by atoms with Gasteiger partial charge in [0.2, 0.25) is 0 Å². The summed E-state index contributed by atoms with van der Waals surface area (Å²) in [6.07, 6.45) is 0. The Morgan fingerprint density at radius 3 is 2.38 bits per heavy atom. The van der Waals surface area contributed by atoms with Crippen molar-refractivity contribution in [3.05, 3.63) is 34.9 Å². The first-order valence-corrected chi connectivity index (χ1v) is 5.78. The molecule has 0 heterocycles. The summed E-state index contributed by atoms with van der Waals surface area (Å²) in [5.41, 5.74) is 6.85. The van der Waals surface area contributed by atoms with Crippen LogP contribution in [0.2, 0.25) is 5.02 Å². The molecule has 0 spiro atoms. The second-order valence-electron chi connectivity index (χ2n) is 4.96. The van der Waals surface area contributed by atoms with Gasteiger partial charge in [-0.15, -0.1) is 0 Å². The third-order valence-electron chi connectivity index (χ3n) is 2.46. The monoisotopic (exact) mass is 238 g/mol. The molecule has 1 atom stereocenters. The predicted molar refractivity (Wildman–Crippen MR) is 70.9 cm³/mol. The van der Waals surface area contributed by atoms with Gasteiger partial charge in [-0.05, 0) is 18.6 Å². The zero-order chi connectivity index (χ0) is 12.3. The molecule has 0 aliphatic carbocycles. The van der Waals surface area contributed by atoms with E-state index in [-0.39, 0.29) is 11.5 Å². The summed E-state index contributed by atoms with van der Waals surface area (Å²) in [7, 11) is 0. The highest BCUT2D eigenvalue weighted by Gasteiger charge is 2.17. The van der Waals surface area contributed by atoms with Crippen LogP contribution in [0.1, 0.15) is 39.3 Å². The van der Waals surface area contributed by atoms with E-state index in [9.17, 15) is 0 Å². The molecule has 2 N–H and O–H groups in total. The molecule has 16 heavy (non-hydrogen) atoms. The lowest BCUT2D eigenvalue weighted by Crippen LogP contribution is -2.29. The normalized spacial score (nSPS) is 14.9. The van der Waals surface area contributed by atoms with Crippen LogP contribution in [-0.2, 0) is 0 Å². The van der Waals surface area contributed by atoms with Crippen LogP contribution in [0.15, 0.2) is 29.3 Å². The predicted octanol–water partition coefficient (Wildman–Crippen LogP) is 3.80. The molecular formula is C13H19ClN2. The number of amidine groups is 1. The highest BCUT2D eigenvalue weighted by atomic mass is 35.5. The van der Waals surface area contributed by atoms with Crippen molar-refractivity contribution in [2.75, 3.05) is 0 Å². The van der Waals surface area contributed by atoms with Gasteiger partial charge in [0.1, 0.15) is 0 Å². The lowest BCUT2D eigenvalue weighted by molar-refractivity contribution is 0.575. The molecule has 1 rings (SSSR count). The summed E-state index contributed by atoms with van der Waals surface area (Å²) < 4.78 is 0. The number of halogens is 1. The van der Waals surface area contributed by atoms with Gasteiger partial charge in [0, 0.05) is 10.4 Å². The SMILES string of the molecule is CC(N=C(N)C(C)(C)C)c1ccccc1Cl. The molecule has 2 nitrogen and oxygen atoms in total. The molecule has 1 unspecified atom stereocenters. The number of aliphatic imine (C=N–C) groups is 1. The Morgan fingerprint density at radius 1 is 1.31 bits per heavy atom. The fourth-order valence-electron chi connectivity index (χ4n) is 1.29. The van der Waals surface area contributed by atoms with Gasteiger partial charge < -0.3 is 5.73 Å². The van der Waals surface area contributed by atoms with E-state index in [0.717, 1.165) is 10.6 Å². The van der Waals surface area contributed by atoms with Crippen molar-refractivity contribution in [2.45, 2.75) is 33.7 Å². The highest BCUT2D eigenvalue weighted by molar-refractivity contribution is 6.31. The number of rotatable bonds is 2. The third-order valence-corrected chi connectivity index (χ3v) is 2.80. The lowest BCUT2D eigenvalue weighted by Gasteiger charge is -2.19. The van der Waals surface area contributed by atoms with Crippen molar-refractivity contribution in [3.63, 3.8) is 0 Å². The molecular weight excluding hydrogens is 220 g/mol. The quantitative estimate of drug-likeness (QED) is 0.618. The van der Waals surface area contributed by atoms with E-state index in [1.54, 1.807) is 0 Å². The first-order chi connectivity index (χ1) is 7.32. The Kier molecular flexibility index (Phi) is 3.98. The van der Waals surface area contributed by atoms with Crippen LogP contribution in [0.3, 0.4) is 0 Å². The largest absolute Gasteiger partial charge is 0.387 e. The lowest BCUT2D eigenvalue weighted by atomic mass is 9.95. The van der Waals surface area contributed by atoms with Crippen molar-refractivity contribution in [1.29, 1.82) is 0 Å². The zero-order valence-corrected chi connectivity index (χ0v) is 11.0. The van der Waals surface area contributed by atoms with Crippen molar-refractivity contribution < 1.29 is 0 Å². The molecule has 0 aliphatic rings. The van der Waals surface area contributed by atoms with Crippen molar-refractivity contribution in [3.8, 4) is 0 Å². The molecule has 0 saturated carbocycles. The van der Waals surface area contributed by atoms with E-state index in [2.05, 4.69) is 4.99 Å². The molecule has 0 radical (unpaired) electrons. The second kappa shape index (κ2) is 4.88. The fourth-order valence-corrected chi connectivity index (χ4v) is 1.58. The Balaban J connectivity index is 2.97. The van der Waals surface area contributed by atoms with Crippen LogP contribution in [0.4, 0.5) is 0 Å². The van der Waals surface area contributed by atoms with Crippen LogP contribution in [0, 0.1) is 5.41 Å². The number of nitrogens with zero attached hydrogens (tertiary/aromatic N) is 1. The van der Waals surface area contributed by atoms with E-state index in [4.69, 9.17) is 17.3 Å². The van der Waals surface area contributed by atoms with Crippen molar-refractivity contribution in [1.82, 2.24) is 0 Å². The molecule has 1 aromatic carbocycles. The summed E-state index contributed by atoms with van der Waals surface area (Å²) >= 11 is 6.11. The van der Waals surface area contributed by atoms with Gasteiger partial charge in [-0.1, -0.05) is 50.6 Å². The van der Waals surface area contributed by atoms with E-state index >= 15 is 0 Å². The van der Waals surface area contributed by atoms with E-state index in [0.29, 0.717) is 5.84 Å². The number of nitrogens with two attached hydrogens (primary N) is 1. The van der Waals surface area contributed by atoms with Crippen LogP contribution in [0.5, 0.6) is 0 Å². The second-order valence-corrected chi connectivity index (χ2v) is 5.37. The van der Waals surface area contributed by atoms with Gasteiger partial charge >= 0.3 is 0 Å². The Hall–Kier alpha value is -1.02. The van der Waals surface area contributed by atoms with E-state index in [1.165, 1.54) is 0 Å². The van der Waals surface area contributed by atoms with E-state index in [1.807, 2.05) is 52.0 Å². The Morgan fingerprint density at radius 2 is 1.88 bits per heavy atom. The average molecular weight is 239 g/mol. The smallest absolute Gasteiger partial charge is 0.0998 e. The summed E-state index contributed by atoms with van der Waals surface area (Å²) in [5.74, 6) is 0.653. The fraction of sp³-hybridized carbons (Fsp3) is 0.462. The molecule has 0 fully saturated rings. The van der Waals surface area contributed by atoms with Gasteiger partial charge in [0.15, 0.2) is 0 Å². The maximum Gasteiger partial charge on any atom is 0.0998 e. The molecule has 3 heteroatoms. The standard InChI is InChI=1S/C13H19ClN2/c1-9(16-12(15)13(2,3)4)10-7-5-6-8-11(10)14/h5-9H,1-4H3,(H2,15,16). The van der Waals surface area contributed by atoms with Gasteiger partial charge in [-0.25, -0.2) is 0 Å².